The molecule has 0 aliphatic carbocycles. The van der Waals surface area contributed by atoms with Crippen molar-refractivity contribution in [1.29, 1.82) is 0 Å². The Morgan fingerprint density at radius 1 is 0.619 bits per heavy atom. The molecule has 0 saturated carbocycles. The van der Waals surface area contributed by atoms with E-state index in [0.717, 1.165) is 0 Å². The molecule has 0 heterocycles. The molecule has 0 aliphatic rings. The van der Waals surface area contributed by atoms with Crippen molar-refractivity contribution in [3.63, 3.8) is 0 Å². The molecule has 0 bridgehead atoms. The zero-order valence-corrected chi connectivity index (χ0v) is 16.6. The van der Waals surface area contributed by atoms with Gasteiger partial charge in [-0.2, -0.15) is 0 Å². The topological polar surface area (TPSA) is 445 Å². The first-order valence-electron chi connectivity index (χ1n) is 1.50. The fraction of sp³-hybridized carbons (Fsp3) is 0. The van der Waals surface area contributed by atoms with Crippen LogP contribution in [-0.4, -0.2) is 64.5 Å². The minimum atomic E-state index is -5.55. The van der Waals surface area contributed by atoms with Crippen LogP contribution in [0.1, 0.15) is 0 Å². The van der Waals surface area contributed by atoms with Gasteiger partial charge in [-0.1, -0.05) is 0 Å². The SMILES string of the molecule is O.O.O.O.O.O.O.O.O.O.O=P([O-])([O-])OP(=O)(O)O.[Na+].[Na+]. The first kappa shape index (κ1) is 112. The van der Waals surface area contributed by atoms with Gasteiger partial charge in [0.2, 0.25) is 0 Å². The molecule has 136 valence electrons. The average molecular weight is 402 g/mol. The zero-order valence-electron chi connectivity index (χ0n) is 10.8. The molecule has 0 spiro atoms. The predicted molar refractivity (Wildman–Crippen MR) is 56.9 cm³/mol. The van der Waals surface area contributed by atoms with Crippen LogP contribution in [-0.2, 0) is 13.4 Å². The van der Waals surface area contributed by atoms with Gasteiger partial charge in [0.1, 0.15) is 0 Å². The monoisotopic (exact) mass is 402 g/mol. The van der Waals surface area contributed by atoms with E-state index in [1.54, 1.807) is 0 Å². The summed E-state index contributed by atoms with van der Waals surface area (Å²) in [7, 11) is -10.7. The van der Waals surface area contributed by atoms with Gasteiger partial charge in [-0.3, -0.25) is 4.31 Å². The summed E-state index contributed by atoms with van der Waals surface area (Å²) in [6.07, 6.45) is 0. The predicted octanol–water partition coefficient (Wildman–Crippen LogP) is -16.3. The smallest absolute Gasteiger partial charge is 0.789 e. The van der Waals surface area contributed by atoms with Crippen molar-refractivity contribution in [2.45, 2.75) is 0 Å². The van der Waals surface area contributed by atoms with E-state index in [1.807, 2.05) is 0 Å². The first-order valence-corrected chi connectivity index (χ1v) is 4.49. The van der Waals surface area contributed by atoms with E-state index in [1.165, 1.54) is 0 Å². The summed E-state index contributed by atoms with van der Waals surface area (Å²) < 4.78 is 21.7. The minimum absolute atomic E-state index is 0. The third kappa shape index (κ3) is 140. The second-order valence-electron chi connectivity index (χ2n) is 1.02. The number of hydrogen-bond donors (Lipinski definition) is 2. The summed E-state index contributed by atoms with van der Waals surface area (Å²) in [5.41, 5.74) is 0. The molecule has 0 aliphatic heterocycles. The van der Waals surface area contributed by atoms with Crippen molar-refractivity contribution in [3.8, 4) is 0 Å². The number of phosphoric acid groups is 2. The largest absolute Gasteiger partial charge is 1.00 e. The van der Waals surface area contributed by atoms with Gasteiger partial charge in [-0.05, 0) is 0 Å². The maximum Gasteiger partial charge on any atom is 1.00 e. The van der Waals surface area contributed by atoms with Crippen LogP contribution in [0.25, 0.3) is 0 Å². The number of rotatable bonds is 2. The molecule has 0 atom stereocenters. The maximum absolute atomic E-state index is 9.55. The Balaban J connectivity index is -0.00000000485. The van der Waals surface area contributed by atoms with Crippen molar-refractivity contribution >= 4 is 15.6 Å². The quantitative estimate of drug-likeness (QED) is 0.331. The van der Waals surface area contributed by atoms with E-state index in [-0.39, 0.29) is 114 Å². The van der Waals surface area contributed by atoms with Gasteiger partial charge in [0.25, 0.3) is 0 Å². The molecule has 0 radical (unpaired) electrons. The molecular formula is H22Na2O17P2. The summed E-state index contributed by atoms with van der Waals surface area (Å²) in [6.45, 7) is 0. The Kier molecular flexibility index (Phi) is 230. The average Bonchev–Trinajstić information content (AvgIpc) is 1.14. The molecule has 0 aromatic rings. The van der Waals surface area contributed by atoms with Crippen molar-refractivity contribution in [2.75, 3.05) is 0 Å². The Morgan fingerprint density at radius 2 is 0.762 bits per heavy atom. The van der Waals surface area contributed by atoms with Crippen LogP contribution in [0.15, 0.2) is 0 Å². The van der Waals surface area contributed by atoms with Gasteiger partial charge >= 0.3 is 66.9 Å². The summed E-state index contributed by atoms with van der Waals surface area (Å²) in [5, 5.41) is 0. The van der Waals surface area contributed by atoms with Gasteiger partial charge in [0, 0.05) is 0 Å². The van der Waals surface area contributed by atoms with E-state index in [9.17, 15) is 18.9 Å². The van der Waals surface area contributed by atoms with Crippen LogP contribution in [0, 0.1) is 0 Å². The first-order chi connectivity index (χ1) is 3.71. The molecule has 21 heteroatoms. The van der Waals surface area contributed by atoms with Crippen molar-refractivity contribution in [1.82, 2.24) is 0 Å². The molecule has 22 N–H and O–H groups in total. The van der Waals surface area contributed by atoms with E-state index < -0.39 is 15.6 Å². The van der Waals surface area contributed by atoms with Crippen LogP contribution in [0.2, 0.25) is 0 Å². The standard InChI is InChI=1S/2Na.H4O7P2.10H2O/c;;1-8(2,3)7-9(4,5)6;;;;;;;;;;/h;;(H2,1,2,3)(H2,4,5,6);10*1H2/q2*+1;;;;;;;;;;;/p-2. The summed E-state index contributed by atoms with van der Waals surface area (Å²) >= 11 is 0. The van der Waals surface area contributed by atoms with Crippen LogP contribution in [0.4, 0.5) is 0 Å². The molecule has 0 saturated heterocycles. The van der Waals surface area contributed by atoms with Gasteiger partial charge in [0.15, 0.2) is 0 Å². The molecule has 0 aromatic carbocycles. The molecule has 0 rings (SSSR count). The van der Waals surface area contributed by atoms with Gasteiger partial charge in [0.05, 0.1) is 7.82 Å². The Bertz CT molecular complexity index is 159. The van der Waals surface area contributed by atoms with Gasteiger partial charge < -0.3 is 78.9 Å². The summed E-state index contributed by atoms with van der Waals surface area (Å²) in [4.78, 5) is 34.1. The Hall–Kier alpha value is 1.86. The van der Waals surface area contributed by atoms with Gasteiger partial charge in [-0.25, -0.2) is 4.57 Å². The van der Waals surface area contributed by atoms with Crippen LogP contribution < -0.4 is 68.9 Å². The van der Waals surface area contributed by atoms with Crippen LogP contribution in [0.5, 0.6) is 0 Å². The molecule has 17 nitrogen and oxygen atoms in total. The second kappa shape index (κ2) is 43.1. The molecule has 0 aromatic heterocycles. The maximum atomic E-state index is 9.55. The third-order valence-electron chi connectivity index (χ3n) is 0.206. The summed E-state index contributed by atoms with van der Waals surface area (Å²) in [5.74, 6) is 0. The fourth-order valence-electron chi connectivity index (χ4n) is 0.130. The van der Waals surface area contributed by atoms with Crippen LogP contribution >= 0.6 is 15.6 Å². The molecular weight excluding hydrogens is 380 g/mol. The zero-order chi connectivity index (χ0) is 7.71. The van der Waals surface area contributed by atoms with E-state index in [0.29, 0.717) is 0 Å². The normalized spacial score (nSPS) is 5.90. The molecule has 21 heavy (non-hydrogen) atoms. The van der Waals surface area contributed by atoms with Gasteiger partial charge in [-0.15, -0.1) is 0 Å². The number of hydrogen-bond acceptors (Lipinski definition) is 5. The van der Waals surface area contributed by atoms with E-state index >= 15 is 0 Å². The fourth-order valence-corrected chi connectivity index (χ4v) is 1.17. The van der Waals surface area contributed by atoms with Crippen molar-refractivity contribution < 1.29 is 147 Å². The van der Waals surface area contributed by atoms with E-state index in [4.69, 9.17) is 9.79 Å². The molecule has 0 unspecified atom stereocenters. The summed E-state index contributed by atoms with van der Waals surface area (Å²) in [6, 6.07) is 0. The second-order valence-corrected chi connectivity index (χ2v) is 3.55. The molecule has 0 fully saturated rings. The van der Waals surface area contributed by atoms with Crippen molar-refractivity contribution in [3.05, 3.63) is 0 Å². The van der Waals surface area contributed by atoms with Crippen LogP contribution in [0.3, 0.4) is 0 Å². The third-order valence-corrected chi connectivity index (χ3v) is 1.86. The minimum Gasteiger partial charge on any atom is -0.789 e. The van der Waals surface area contributed by atoms with Crippen molar-refractivity contribution in [2.24, 2.45) is 0 Å². The molecule has 0 amide bonds. The Morgan fingerprint density at radius 3 is 0.762 bits per heavy atom. The van der Waals surface area contributed by atoms with E-state index in [2.05, 4.69) is 4.31 Å². The Labute approximate surface area is 161 Å².